The smallest absolute Gasteiger partial charge is 0.275 e. The zero-order valence-corrected chi connectivity index (χ0v) is 23.3. The summed E-state index contributed by atoms with van der Waals surface area (Å²) in [5, 5.41) is 4.24. The van der Waals surface area contributed by atoms with Crippen LogP contribution in [0.3, 0.4) is 0 Å². The molecule has 4 N–H and O–H groups in total. The van der Waals surface area contributed by atoms with E-state index in [1.54, 1.807) is 14.2 Å². The summed E-state index contributed by atoms with van der Waals surface area (Å²) in [6, 6.07) is 13.5. The fraction of sp³-hybridized carbons (Fsp3) is 0.387. The van der Waals surface area contributed by atoms with Gasteiger partial charge in [0.05, 0.1) is 20.6 Å². The Morgan fingerprint density at radius 2 is 1.79 bits per heavy atom. The van der Waals surface area contributed by atoms with Gasteiger partial charge in [-0.2, -0.15) is 0 Å². The van der Waals surface area contributed by atoms with Gasteiger partial charge >= 0.3 is 0 Å². The second-order valence-electron chi connectivity index (χ2n) is 9.90. The van der Waals surface area contributed by atoms with Gasteiger partial charge in [-0.1, -0.05) is 31.9 Å². The van der Waals surface area contributed by atoms with Crippen molar-refractivity contribution in [3.8, 4) is 22.8 Å². The second-order valence-corrected chi connectivity index (χ2v) is 9.90. The summed E-state index contributed by atoms with van der Waals surface area (Å²) in [7, 11) is 3.29. The molecule has 206 valence electrons. The van der Waals surface area contributed by atoms with Crippen molar-refractivity contribution < 1.29 is 24.0 Å². The zero-order valence-electron chi connectivity index (χ0n) is 23.3. The molecule has 4 rings (SSSR count). The molecule has 1 atom stereocenters. The number of hydrogen-bond acceptors (Lipinski definition) is 4. The van der Waals surface area contributed by atoms with Crippen LogP contribution < -0.4 is 19.8 Å². The average molecular weight is 532 g/mol. The Morgan fingerprint density at radius 3 is 2.56 bits per heavy atom. The van der Waals surface area contributed by atoms with Gasteiger partial charge in [0.1, 0.15) is 29.5 Å². The number of fused-ring (bicyclic) bond motifs is 1. The van der Waals surface area contributed by atoms with E-state index in [-0.39, 0.29) is 18.4 Å². The van der Waals surface area contributed by atoms with Crippen LogP contribution in [0.1, 0.15) is 68.6 Å². The number of aromatic nitrogens is 3. The summed E-state index contributed by atoms with van der Waals surface area (Å²) in [6.07, 6.45) is 6.82. The Balaban J connectivity index is 1.51. The molecule has 0 saturated heterocycles. The number of aromatic amines is 3. The molecule has 2 heterocycles. The lowest BCUT2D eigenvalue weighted by Crippen LogP contribution is -2.33. The van der Waals surface area contributed by atoms with Gasteiger partial charge in [-0.15, -0.1) is 0 Å². The molecule has 8 heteroatoms. The first-order chi connectivity index (χ1) is 18.9. The van der Waals surface area contributed by atoms with E-state index in [4.69, 9.17) is 9.47 Å². The summed E-state index contributed by atoms with van der Waals surface area (Å²) in [4.78, 5) is 35.2. The quantitative estimate of drug-likeness (QED) is 0.183. The van der Waals surface area contributed by atoms with E-state index < -0.39 is 0 Å². The normalized spacial score (nSPS) is 11.9. The highest BCUT2D eigenvalue weighted by molar-refractivity contribution is 5.91. The minimum Gasteiger partial charge on any atom is -0.497 e. The minimum absolute atomic E-state index is 0.0566. The first-order valence-electron chi connectivity index (χ1n) is 13.6. The number of Topliss-reactive ketones (excluding diaryl/α,β-unsaturated/α-hetero) is 1. The molecule has 0 aliphatic heterocycles. The third-order valence-electron chi connectivity index (χ3n) is 7.21. The standard InChI is InChI=1S/C31H38N4O4/c1-5-22(36)11-7-6-8-13-28(31-32-19-29(35-31)21-10-9-12-23(16-21)38-3)34-30(37)18-25-20(2)33-27-15-14-24(39-4)17-26(25)27/h9-10,12,14-17,19,28,33H,5-8,11,13,18H2,1-4H3,(H,32,35)(H,34,37)/p+1. The highest BCUT2D eigenvalue weighted by atomic mass is 16.5. The third-order valence-corrected chi connectivity index (χ3v) is 7.21. The number of ether oxygens (including phenoxy) is 2. The van der Waals surface area contributed by atoms with Crippen molar-refractivity contribution in [1.29, 1.82) is 0 Å². The van der Waals surface area contributed by atoms with Gasteiger partial charge < -0.3 is 19.8 Å². The molecule has 0 aliphatic rings. The van der Waals surface area contributed by atoms with Gasteiger partial charge in [-0.05, 0) is 55.7 Å². The highest BCUT2D eigenvalue weighted by Crippen LogP contribution is 2.28. The van der Waals surface area contributed by atoms with E-state index in [1.807, 2.05) is 62.5 Å². The van der Waals surface area contributed by atoms with Gasteiger partial charge in [0, 0.05) is 35.0 Å². The average Bonchev–Trinajstić information content (AvgIpc) is 3.56. The maximum absolute atomic E-state index is 13.4. The van der Waals surface area contributed by atoms with Crippen molar-refractivity contribution in [1.82, 2.24) is 15.3 Å². The number of imidazole rings is 1. The van der Waals surface area contributed by atoms with Gasteiger partial charge in [0.2, 0.25) is 5.91 Å². The van der Waals surface area contributed by atoms with Crippen LogP contribution in [-0.4, -0.2) is 35.9 Å². The molecule has 0 aliphatic carbocycles. The highest BCUT2D eigenvalue weighted by Gasteiger charge is 2.24. The van der Waals surface area contributed by atoms with Crippen molar-refractivity contribution in [3.63, 3.8) is 0 Å². The van der Waals surface area contributed by atoms with Crippen molar-refractivity contribution in [2.45, 2.75) is 64.8 Å². The summed E-state index contributed by atoms with van der Waals surface area (Å²) < 4.78 is 10.8. The molecule has 2 aromatic heterocycles. The summed E-state index contributed by atoms with van der Waals surface area (Å²) in [6.45, 7) is 3.89. The van der Waals surface area contributed by atoms with Crippen molar-refractivity contribution in [2.75, 3.05) is 14.2 Å². The molecule has 8 nitrogen and oxygen atoms in total. The predicted octanol–water partition coefficient (Wildman–Crippen LogP) is 5.63. The van der Waals surface area contributed by atoms with Crippen LogP contribution in [0.5, 0.6) is 11.5 Å². The lowest BCUT2D eigenvalue weighted by atomic mass is 10.0. The number of H-pyrrole nitrogens is 3. The molecular weight excluding hydrogens is 492 g/mol. The van der Waals surface area contributed by atoms with Crippen LogP contribution in [-0.2, 0) is 16.0 Å². The Bertz CT molecular complexity index is 1420. The largest absolute Gasteiger partial charge is 0.497 e. The van der Waals surface area contributed by atoms with Crippen molar-refractivity contribution >= 4 is 22.6 Å². The number of carbonyl (C=O) groups is 2. The van der Waals surface area contributed by atoms with Gasteiger partial charge in [-0.25, -0.2) is 9.97 Å². The molecule has 0 spiro atoms. The number of rotatable bonds is 14. The maximum atomic E-state index is 13.4. The number of carbonyl (C=O) groups excluding carboxylic acids is 2. The van der Waals surface area contributed by atoms with Crippen molar-refractivity contribution in [3.05, 3.63) is 65.7 Å². The topological polar surface area (TPSA) is 110 Å². The lowest BCUT2D eigenvalue weighted by Gasteiger charge is -2.14. The first kappa shape index (κ1) is 28.0. The number of nitrogens with one attached hydrogen (secondary N) is 4. The Kier molecular flexibility index (Phi) is 9.41. The molecule has 0 fully saturated rings. The van der Waals surface area contributed by atoms with E-state index in [0.717, 1.165) is 76.4 Å². The Hall–Kier alpha value is -4.07. The fourth-order valence-electron chi connectivity index (χ4n) is 4.94. The van der Waals surface area contributed by atoms with E-state index in [9.17, 15) is 9.59 Å². The monoisotopic (exact) mass is 531 g/mol. The van der Waals surface area contributed by atoms with E-state index in [1.165, 1.54) is 0 Å². The number of hydrogen-bond donors (Lipinski definition) is 3. The van der Waals surface area contributed by atoms with Crippen LogP contribution in [0.2, 0.25) is 0 Å². The zero-order chi connectivity index (χ0) is 27.8. The molecule has 0 saturated carbocycles. The molecule has 4 aromatic rings. The van der Waals surface area contributed by atoms with E-state index in [0.29, 0.717) is 18.6 Å². The van der Waals surface area contributed by atoms with Gasteiger partial charge in [0.15, 0.2) is 5.69 Å². The summed E-state index contributed by atoms with van der Waals surface area (Å²) in [5.74, 6) is 2.61. The van der Waals surface area contributed by atoms with E-state index >= 15 is 0 Å². The molecule has 39 heavy (non-hydrogen) atoms. The number of aryl methyl sites for hydroxylation is 1. The number of unbranched alkanes of at least 4 members (excludes halogenated alkanes) is 2. The number of methoxy groups -OCH3 is 2. The van der Waals surface area contributed by atoms with Crippen LogP contribution in [0.15, 0.2) is 48.7 Å². The first-order valence-corrected chi connectivity index (χ1v) is 13.6. The fourth-order valence-corrected chi connectivity index (χ4v) is 4.94. The molecule has 0 radical (unpaired) electrons. The Morgan fingerprint density at radius 1 is 1.00 bits per heavy atom. The number of benzene rings is 2. The summed E-state index contributed by atoms with van der Waals surface area (Å²) in [5.41, 5.74) is 4.82. The molecule has 2 aromatic carbocycles. The van der Waals surface area contributed by atoms with Crippen LogP contribution >= 0.6 is 0 Å². The maximum Gasteiger partial charge on any atom is 0.275 e. The molecule has 1 amide bonds. The second kappa shape index (κ2) is 13.1. The summed E-state index contributed by atoms with van der Waals surface area (Å²) >= 11 is 0. The molecular formula is C31H39N4O4+. The molecule has 1 unspecified atom stereocenters. The van der Waals surface area contributed by atoms with Crippen LogP contribution in [0.25, 0.3) is 22.2 Å². The van der Waals surface area contributed by atoms with Crippen molar-refractivity contribution in [2.24, 2.45) is 0 Å². The van der Waals surface area contributed by atoms with Gasteiger partial charge in [0.25, 0.3) is 5.82 Å². The third kappa shape index (κ3) is 7.07. The minimum atomic E-state index is -0.223. The SMILES string of the molecule is CCC(=O)CCCCCC(NC(=O)Cc1c(C)[nH]c2ccc(OC)cc12)c1[nH]c(-c2cccc(OC)c2)c[nH+]1. The predicted molar refractivity (Wildman–Crippen MR) is 152 cm³/mol. The number of amides is 1. The van der Waals surface area contributed by atoms with E-state index in [2.05, 4.69) is 20.3 Å². The molecule has 0 bridgehead atoms. The number of ketones is 1. The lowest BCUT2D eigenvalue weighted by molar-refractivity contribution is -0.391. The van der Waals surface area contributed by atoms with Crippen LogP contribution in [0.4, 0.5) is 0 Å². The van der Waals surface area contributed by atoms with Gasteiger partial charge in [-0.3, -0.25) is 9.59 Å². The van der Waals surface area contributed by atoms with Crippen LogP contribution in [0, 0.1) is 6.92 Å². The Labute approximate surface area is 229 Å².